The average molecular weight is 446 g/mol. The number of nitrogens with zero attached hydrogens (tertiary/aromatic N) is 2. The first-order valence-electron chi connectivity index (χ1n) is 11.2. The molecule has 0 bridgehead atoms. The predicted octanol–water partition coefficient (Wildman–Crippen LogP) is 4.80. The van der Waals surface area contributed by atoms with Crippen molar-refractivity contribution in [1.82, 2.24) is 10.2 Å². The molecule has 1 aliphatic heterocycles. The van der Waals surface area contributed by atoms with E-state index in [1.54, 1.807) is 11.8 Å². The molecule has 0 spiro atoms. The highest BCUT2D eigenvalue weighted by Crippen LogP contribution is 2.18. The number of hydrogen-bond donors (Lipinski definition) is 1. The van der Waals surface area contributed by atoms with Crippen molar-refractivity contribution in [3.8, 4) is 0 Å². The van der Waals surface area contributed by atoms with E-state index in [4.69, 9.17) is 0 Å². The lowest BCUT2D eigenvalue weighted by atomic mass is 10.1. The highest BCUT2D eigenvalue weighted by Gasteiger charge is 2.18. The lowest BCUT2D eigenvalue weighted by Gasteiger charge is -2.36. The molecule has 4 rings (SSSR count). The van der Waals surface area contributed by atoms with Gasteiger partial charge in [-0.15, -0.1) is 0 Å². The molecular weight excluding hydrogens is 414 g/mol. The van der Waals surface area contributed by atoms with Gasteiger partial charge >= 0.3 is 0 Å². The van der Waals surface area contributed by atoms with E-state index in [1.165, 1.54) is 22.4 Å². The Kier molecular flexibility index (Phi) is 7.86. The van der Waals surface area contributed by atoms with Crippen molar-refractivity contribution in [2.24, 2.45) is 0 Å². The first kappa shape index (κ1) is 22.4. The molecule has 5 heteroatoms. The topological polar surface area (TPSA) is 35.6 Å². The molecule has 1 aliphatic rings. The Bertz CT molecular complexity index is 999. The normalized spacial score (nSPS) is 14.3. The van der Waals surface area contributed by atoms with Crippen molar-refractivity contribution in [1.29, 1.82) is 0 Å². The summed E-state index contributed by atoms with van der Waals surface area (Å²) in [7, 11) is 0. The second-order valence-corrected chi connectivity index (χ2v) is 9.05. The Morgan fingerprint density at radius 1 is 0.844 bits per heavy atom. The monoisotopic (exact) mass is 445 g/mol. The second kappa shape index (κ2) is 11.2. The van der Waals surface area contributed by atoms with Gasteiger partial charge in [-0.3, -0.25) is 9.69 Å². The summed E-state index contributed by atoms with van der Waals surface area (Å²) in [6.07, 6.45) is 2.08. The summed E-state index contributed by atoms with van der Waals surface area (Å²) in [4.78, 5) is 17.6. The summed E-state index contributed by atoms with van der Waals surface area (Å²) >= 11 is 1.78. The molecule has 3 aromatic carbocycles. The number of thioether (sulfide) groups is 1. The van der Waals surface area contributed by atoms with Gasteiger partial charge in [-0.25, -0.2) is 0 Å². The van der Waals surface area contributed by atoms with Crippen molar-refractivity contribution in [3.05, 3.63) is 101 Å². The van der Waals surface area contributed by atoms with E-state index in [1.807, 2.05) is 24.3 Å². The molecule has 1 amide bonds. The van der Waals surface area contributed by atoms with Gasteiger partial charge in [0.1, 0.15) is 0 Å². The van der Waals surface area contributed by atoms with Gasteiger partial charge in [0.25, 0.3) is 5.91 Å². The van der Waals surface area contributed by atoms with Crippen molar-refractivity contribution >= 4 is 23.4 Å². The molecule has 4 nitrogen and oxygen atoms in total. The summed E-state index contributed by atoms with van der Waals surface area (Å²) in [6, 6.07) is 27.0. The molecule has 32 heavy (non-hydrogen) atoms. The van der Waals surface area contributed by atoms with Gasteiger partial charge in [0.2, 0.25) is 0 Å². The lowest BCUT2D eigenvalue weighted by molar-refractivity contribution is 0.0950. The van der Waals surface area contributed by atoms with Crippen LogP contribution in [0.3, 0.4) is 0 Å². The van der Waals surface area contributed by atoms with Crippen LogP contribution in [0, 0.1) is 0 Å². The van der Waals surface area contributed by atoms with E-state index >= 15 is 0 Å². The van der Waals surface area contributed by atoms with Gasteiger partial charge in [0, 0.05) is 56.3 Å². The Hall–Kier alpha value is -2.76. The number of para-hydroxylation sites is 1. The van der Waals surface area contributed by atoms with Gasteiger partial charge in [0.05, 0.1) is 0 Å². The fourth-order valence-electron chi connectivity index (χ4n) is 4.12. The average Bonchev–Trinajstić information content (AvgIpc) is 2.85. The van der Waals surface area contributed by atoms with Crippen LogP contribution in [-0.4, -0.2) is 43.2 Å². The maximum absolute atomic E-state index is 12.6. The van der Waals surface area contributed by atoms with Crippen LogP contribution in [-0.2, 0) is 18.8 Å². The SMILES string of the molecule is CSCc1ccc(C(=O)NCc2ccccc2CN2CCN(c3ccccc3)CC2)cc1. The third kappa shape index (κ3) is 5.93. The maximum atomic E-state index is 12.6. The molecule has 0 atom stereocenters. The summed E-state index contributed by atoms with van der Waals surface area (Å²) in [5, 5.41) is 3.10. The zero-order valence-corrected chi connectivity index (χ0v) is 19.5. The molecule has 1 heterocycles. The van der Waals surface area contributed by atoms with Crippen LogP contribution in [0.4, 0.5) is 5.69 Å². The fraction of sp³-hybridized carbons (Fsp3) is 0.296. The van der Waals surface area contributed by atoms with Crippen LogP contribution in [0.5, 0.6) is 0 Å². The van der Waals surface area contributed by atoms with E-state index in [0.717, 1.165) is 38.5 Å². The highest BCUT2D eigenvalue weighted by atomic mass is 32.2. The number of anilines is 1. The Morgan fingerprint density at radius 3 is 2.19 bits per heavy atom. The van der Waals surface area contributed by atoms with Crippen LogP contribution < -0.4 is 10.2 Å². The van der Waals surface area contributed by atoms with Gasteiger partial charge < -0.3 is 10.2 Å². The summed E-state index contributed by atoms with van der Waals surface area (Å²) < 4.78 is 0. The van der Waals surface area contributed by atoms with Crippen LogP contribution in [0.2, 0.25) is 0 Å². The molecule has 0 unspecified atom stereocenters. The highest BCUT2D eigenvalue weighted by molar-refractivity contribution is 7.97. The number of hydrogen-bond acceptors (Lipinski definition) is 4. The third-order valence-electron chi connectivity index (χ3n) is 5.97. The summed E-state index contributed by atoms with van der Waals surface area (Å²) in [6.45, 7) is 5.62. The first-order chi connectivity index (χ1) is 15.7. The van der Waals surface area contributed by atoms with Gasteiger partial charge in [-0.1, -0.05) is 54.6 Å². The van der Waals surface area contributed by atoms with E-state index < -0.39 is 0 Å². The quantitative estimate of drug-likeness (QED) is 0.540. The number of nitrogens with one attached hydrogen (secondary N) is 1. The number of carbonyl (C=O) groups is 1. The molecule has 0 aliphatic carbocycles. The van der Waals surface area contributed by atoms with E-state index in [2.05, 4.69) is 76.0 Å². The second-order valence-electron chi connectivity index (χ2n) is 8.18. The van der Waals surface area contributed by atoms with Crippen molar-refractivity contribution in [3.63, 3.8) is 0 Å². The zero-order chi connectivity index (χ0) is 22.2. The number of rotatable bonds is 8. The van der Waals surface area contributed by atoms with Crippen LogP contribution in [0.25, 0.3) is 0 Å². The van der Waals surface area contributed by atoms with Gasteiger partial charge in [-0.05, 0) is 47.2 Å². The van der Waals surface area contributed by atoms with E-state index in [0.29, 0.717) is 12.1 Å². The van der Waals surface area contributed by atoms with Crippen molar-refractivity contribution < 1.29 is 4.79 Å². The van der Waals surface area contributed by atoms with Crippen molar-refractivity contribution in [2.75, 3.05) is 37.3 Å². The minimum Gasteiger partial charge on any atom is -0.369 e. The predicted molar refractivity (Wildman–Crippen MR) is 135 cm³/mol. The van der Waals surface area contributed by atoms with Crippen LogP contribution in [0.15, 0.2) is 78.9 Å². The molecule has 1 saturated heterocycles. The molecule has 0 radical (unpaired) electrons. The fourth-order valence-corrected chi connectivity index (χ4v) is 4.65. The van der Waals surface area contributed by atoms with Crippen molar-refractivity contribution in [2.45, 2.75) is 18.8 Å². The third-order valence-corrected chi connectivity index (χ3v) is 6.59. The smallest absolute Gasteiger partial charge is 0.251 e. The molecule has 0 saturated carbocycles. The molecule has 3 aromatic rings. The first-order valence-corrected chi connectivity index (χ1v) is 12.6. The Balaban J connectivity index is 1.31. The molecule has 166 valence electrons. The Morgan fingerprint density at radius 2 is 1.50 bits per heavy atom. The Labute approximate surface area is 195 Å². The lowest BCUT2D eigenvalue weighted by Crippen LogP contribution is -2.46. The number of carbonyl (C=O) groups excluding carboxylic acids is 1. The summed E-state index contributed by atoms with van der Waals surface area (Å²) in [5.41, 5.74) is 5.73. The molecule has 0 aromatic heterocycles. The maximum Gasteiger partial charge on any atom is 0.251 e. The minimum absolute atomic E-state index is 0.0213. The summed E-state index contributed by atoms with van der Waals surface area (Å²) in [5.74, 6) is 0.946. The van der Waals surface area contributed by atoms with Crippen LogP contribution in [0.1, 0.15) is 27.0 Å². The van der Waals surface area contributed by atoms with Gasteiger partial charge in [0.15, 0.2) is 0 Å². The van der Waals surface area contributed by atoms with E-state index in [9.17, 15) is 4.79 Å². The molecular formula is C27H31N3OS. The standard InChI is InChI=1S/C27H31N3OS/c1-32-21-22-11-13-23(14-12-22)27(31)28-19-24-7-5-6-8-25(24)20-29-15-17-30(18-16-29)26-9-3-2-4-10-26/h2-14H,15-21H2,1H3,(H,28,31). The number of amides is 1. The molecule has 1 N–H and O–H groups in total. The number of piperazine rings is 1. The molecule has 1 fully saturated rings. The number of benzene rings is 3. The minimum atomic E-state index is -0.0213. The zero-order valence-electron chi connectivity index (χ0n) is 18.7. The van der Waals surface area contributed by atoms with Crippen LogP contribution >= 0.6 is 11.8 Å². The largest absolute Gasteiger partial charge is 0.369 e. The van der Waals surface area contributed by atoms with E-state index in [-0.39, 0.29) is 5.91 Å². The van der Waals surface area contributed by atoms with Gasteiger partial charge in [-0.2, -0.15) is 11.8 Å².